The average molecular weight is 245 g/mol. The Hall–Kier alpha value is -0.820. The molecule has 18 heavy (non-hydrogen) atoms. The normalized spacial score (nSPS) is 21.4. The quantitative estimate of drug-likeness (QED) is 0.842. The molecular weight excluding hydrogens is 218 g/mol. The number of aryl methyl sites for hydroxylation is 1. The highest BCUT2D eigenvalue weighted by Gasteiger charge is 2.29. The van der Waals surface area contributed by atoms with E-state index in [2.05, 4.69) is 45.0 Å². The third-order valence-electron chi connectivity index (χ3n) is 4.95. The van der Waals surface area contributed by atoms with Gasteiger partial charge in [-0.1, -0.05) is 45.0 Å². The second-order valence-electron chi connectivity index (χ2n) is 6.47. The van der Waals surface area contributed by atoms with E-state index in [4.69, 9.17) is 5.73 Å². The number of hydrogen-bond donors (Lipinski definition) is 1. The lowest BCUT2D eigenvalue weighted by Crippen LogP contribution is -2.38. The zero-order valence-corrected chi connectivity index (χ0v) is 12.1. The SMILES string of the molecule is CCC(C)(C)C(N)CC1CCCc2ccccc21. The summed E-state index contributed by atoms with van der Waals surface area (Å²) in [5, 5.41) is 0. The summed E-state index contributed by atoms with van der Waals surface area (Å²) in [5.74, 6) is 0.677. The fourth-order valence-electron chi connectivity index (χ4n) is 2.99. The van der Waals surface area contributed by atoms with Crippen LogP contribution in [0.5, 0.6) is 0 Å². The minimum absolute atomic E-state index is 0.256. The summed E-state index contributed by atoms with van der Waals surface area (Å²) in [5.41, 5.74) is 9.82. The largest absolute Gasteiger partial charge is 0.327 e. The third-order valence-corrected chi connectivity index (χ3v) is 4.95. The smallest absolute Gasteiger partial charge is 0.00960 e. The molecule has 0 radical (unpaired) electrons. The lowest BCUT2D eigenvalue weighted by molar-refractivity contribution is 0.246. The van der Waals surface area contributed by atoms with E-state index in [1.807, 2.05) is 0 Å². The van der Waals surface area contributed by atoms with Crippen molar-refractivity contribution in [3.63, 3.8) is 0 Å². The third kappa shape index (κ3) is 2.77. The summed E-state index contributed by atoms with van der Waals surface area (Å²) in [7, 11) is 0. The van der Waals surface area contributed by atoms with E-state index in [9.17, 15) is 0 Å². The van der Waals surface area contributed by atoms with Crippen molar-refractivity contribution in [2.75, 3.05) is 0 Å². The minimum Gasteiger partial charge on any atom is -0.327 e. The van der Waals surface area contributed by atoms with Crippen molar-refractivity contribution in [3.8, 4) is 0 Å². The zero-order chi connectivity index (χ0) is 13.2. The molecule has 0 amide bonds. The van der Waals surface area contributed by atoms with E-state index in [0.29, 0.717) is 12.0 Å². The fraction of sp³-hybridized carbons (Fsp3) is 0.647. The van der Waals surface area contributed by atoms with E-state index in [-0.39, 0.29) is 5.41 Å². The Kier molecular flexibility index (Phi) is 4.11. The van der Waals surface area contributed by atoms with Gasteiger partial charge in [-0.05, 0) is 54.6 Å². The van der Waals surface area contributed by atoms with Gasteiger partial charge in [0.15, 0.2) is 0 Å². The van der Waals surface area contributed by atoms with Crippen LogP contribution < -0.4 is 5.73 Å². The van der Waals surface area contributed by atoms with Gasteiger partial charge in [0, 0.05) is 6.04 Å². The number of benzene rings is 1. The summed E-state index contributed by atoms with van der Waals surface area (Å²) in [6, 6.07) is 9.24. The molecule has 0 heterocycles. The number of nitrogens with two attached hydrogens (primary N) is 1. The van der Waals surface area contributed by atoms with Gasteiger partial charge in [-0.2, -0.15) is 0 Å². The summed E-state index contributed by atoms with van der Waals surface area (Å²) in [6.45, 7) is 6.84. The fourth-order valence-corrected chi connectivity index (χ4v) is 2.99. The second kappa shape index (κ2) is 5.44. The molecule has 2 atom stereocenters. The first-order valence-electron chi connectivity index (χ1n) is 7.38. The van der Waals surface area contributed by atoms with Crippen molar-refractivity contribution in [1.29, 1.82) is 0 Å². The van der Waals surface area contributed by atoms with E-state index in [0.717, 1.165) is 12.8 Å². The molecule has 2 rings (SSSR count). The Labute approximate surface area is 112 Å². The van der Waals surface area contributed by atoms with Crippen LogP contribution in [0.25, 0.3) is 0 Å². The van der Waals surface area contributed by atoms with Crippen LogP contribution in [-0.4, -0.2) is 6.04 Å². The molecule has 0 bridgehead atoms. The highest BCUT2D eigenvalue weighted by atomic mass is 14.7. The van der Waals surface area contributed by atoms with E-state index >= 15 is 0 Å². The maximum Gasteiger partial charge on any atom is 0.00960 e. The Morgan fingerprint density at radius 3 is 2.78 bits per heavy atom. The number of rotatable bonds is 4. The van der Waals surface area contributed by atoms with Gasteiger partial charge >= 0.3 is 0 Å². The monoisotopic (exact) mass is 245 g/mol. The van der Waals surface area contributed by atoms with Gasteiger partial charge in [0.05, 0.1) is 0 Å². The average Bonchev–Trinajstić information content (AvgIpc) is 2.39. The van der Waals surface area contributed by atoms with E-state index in [1.165, 1.54) is 19.3 Å². The van der Waals surface area contributed by atoms with Gasteiger partial charge in [0.2, 0.25) is 0 Å². The van der Waals surface area contributed by atoms with Crippen molar-refractivity contribution in [2.24, 2.45) is 11.1 Å². The van der Waals surface area contributed by atoms with Crippen LogP contribution in [0, 0.1) is 5.41 Å². The molecule has 0 saturated heterocycles. The molecule has 1 aromatic rings. The van der Waals surface area contributed by atoms with Crippen LogP contribution in [0.15, 0.2) is 24.3 Å². The highest BCUT2D eigenvalue weighted by Crippen LogP contribution is 2.37. The molecule has 1 aliphatic rings. The maximum absolute atomic E-state index is 6.45. The molecular formula is C17H27N. The van der Waals surface area contributed by atoms with Crippen molar-refractivity contribution in [3.05, 3.63) is 35.4 Å². The molecule has 2 unspecified atom stereocenters. The number of hydrogen-bond acceptors (Lipinski definition) is 1. The molecule has 1 aromatic carbocycles. The lowest BCUT2D eigenvalue weighted by Gasteiger charge is -2.35. The standard InChI is InChI=1S/C17H27N/c1-4-17(2,3)16(18)12-14-10-7-9-13-8-5-6-11-15(13)14/h5-6,8,11,14,16H,4,7,9-10,12,18H2,1-3H3. The van der Waals surface area contributed by atoms with Crippen molar-refractivity contribution < 1.29 is 0 Å². The zero-order valence-electron chi connectivity index (χ0n) is 12.1. The molecule has 0 spiro atoms. The van der Waals surface area contributed by atoms with E-state index in [1.54, 1.807) is 11.1 Å². The first-order chi connectivity index (χ1) is 8.54. The summed E-state index contributed by atoms with van der Waals surface area (Å²) >= 11 is 0. The topological polar surface area (TPSA) is 26.0 Å². The van der Waals surface area contributed by atoms with Crippen molar-refractivity contribution >= 4 is 0 Å². The molecule has 1 aliphatic carbocycles. The van der Waals surface area contributed by atoms with Crippen LogP contribution in [0.2, 0.25) is 0 Å². The summed E-state index contributed by atoms with van der Waals surface area (Å²) in [6.07, 6.45) is 6.17. The molecule has 1 heteroatoms. The van der Waals surface area contributed by atoms with E-state index < -0.39 is 0 Å². The van der Waals surface area contributed by atoms with Gasteiger partial charge in [-0.3, -0.25) is 0 Å². The summed E-state index contributed by atoms with van der Waals surface area (Å²) < 4.78 is 0. The highest BCUT2D eigenvalue weighted by molar-refractivity contribution is 5.32. The first-order valence-corrected chi connectivity index (χ1v) is 7.38. The molecule has 100 valence electrons. The second-order valence-corrected chi connectivity index (χ2v) is 6.47. The molecule has 0 aromatic heterocycles. The van der Waals surface area contributed by atoms with Crippen molar-refractivity contribution in [2.45, 2.75) is 64.8 Å². The predicted octanol–water partition coefficient (Wildman–Crippen LogP) is 4.26. The van der Waals surface area contributed by atoms with Gasteiger partial charge in [0.25, 0.3) is 0 Å². The number of fused-ring (bicyclic) bond motifs is 1. The van der Waals surface area contributed by atoms with Gasteiger partial charge < -0.3 is 5.73 Å². The van der Waals surface area contributed by atoms with Gasteiger partial charge in [-0.15, -0.1) is 0 Å². The molecule has 0 aliphatic heterocycles. The minimum atomic E-state index is 0.256. The molecule has 0 fully saturated rings. The van der Waals surface area contributed by atoms with Crippen LogP contribution in [-0.2, 0) is 6.42 Å². The Morgan fingerprint density at radius 1 is 1.33 bits per heavy atom. The van der Waals surface area contributed by atoms with Gasteiger partial charge in [0.1, 0.15) is 0 Å². The summed E-state index contributed by atoms with van der Waals surface area (Å²) in [4.78, 5) is 0. The lowest BCUT2D eigenvalue weighted by atomic mass is 9.73. The molecule has 0 saturated carbocycles. The molecule has 1 nitrogen and oxygen atoms in total. The Balaban J connectivity index is 2.12. The van der Waals surface area contributed by atoms with Gasteiger partial charge in [-0.25, -0.2) is 0 Å². The van der Waals surface area contributed by atoms with Crippen LogP contribution in [0.3, 0.4) is 0 Å². The Morgan fingerprint density at radius 2 is 2.06 bits per heavy atom. The maximum atomic E-state index is 6.45. The Bertz CT molecular complexity index is 394. The van der Waals surface area contributed by atoms with Crippen molar-refractivity contribution in [1.82, 2.24) is 0 Å². The van der Waals surface area contributed by atoms with Crippen LogP contribution in [0.1, 0.15) is 63.5 Å². The molecule has 2 N–H and O–H groups in total. The van der Waals surface area contributed by atoms with Crippen LogP contribution >= 0.6 is 0 Å². The predicted molar refractivity (Wildman–Crippen MR) is 78.8 cm³/mol. The van der Waals surface area contributed by atoms with Crippen LogP contribution in [0.4, 0.5) is 0 Å². The first kappa shape index (κ1) is 13.6.